The van der Waals surface area contributed by atoms with Crippen LogP contribution < -0.4 is 4.74 Å². The highest BCUT2D eigenvalue weighted by Crippen LogP contribution is 2.33. The first-order valence-electron chi connectivity index (χ1n) is 12.9. The third-order valence-electron chi connectivity index (χ3n) is 7.05. The molecule has 2 atom stereocenters. The molecule has 0 radical (unpaired) electrons. The number of amides is 1. The second kappa shape index (κ2) is 12.2. The van der Waals surface area contributed by atoms with Crippen LogP contribution in [0.3, 0.4) is 0 Å². The van der Waals surface area contributed by atoms with E-state index < -0.39 is 11.6 Å². The van der Waals surface area contributed by atoms with Gasteiger partial charge in [0.15, 0.2) is 11.4 Å². The Morgan fingerprint density at radius 2 is 1.68 bits per heavy atom. The third kappa shape index (κ3) is 6.95. The zero-order chi connectivity index (χ0) is 27.3. The Hall–Kier alpha value is -2.80. The van der Waals surface area contributed by atoms with E-state index in [0.29, 0.717) is 31.0 Å². The summed E-state index contributed by atoms with van der Waals surface area (Å²) < 4.78 is 11.3. The molecule has 2 aromatic carbocycles. The minimum absolute atomic E-state index is 0.00966. The third-order valence-corrected chi connectivity index (χ3v) is 7.79. The van der Waals surface area contributed by atoms with Gasteiger partial charge < -0.3 is 14.4 Å². The number of carbonyl (C=O) groups excluding carboxylic acids is 3. The number of hydrogen-bond acceptors (Lipinski definition) is 6. The van der Waals surface area contributed by atoms with E-state index in [-0.39, 0.29) is 23.5 Å². The molecule has 6 nitrogen and oxygen atoms in total. The maximum Gasteiger partial charge on any atom is 0.349 e. The Kier molecular flexibility index (Phi) is 9.46. The number of thioether (sulfide) groups is 1. The van der Waals surface area contributed by atoms with E-state index in [0.717, 1.165) is 34.4 Å². The maximum atomic E-state index is 13.4. The summed E-state index contributed by atoms with van der Waals surface area (Å²) in [6, 6.07) is 11.9. The topological polar surface area (TPSA) is 72.9 Å². The molecule has 2 unspecified atom stereocenters. The lowest BCUT2D eigenvalue weighted by atomic mass is 9.84. The van der Waals surface area contributed by atoms with Gasteiger partial charge >= 0.3 is 5.97 Å². The first-order chi connectivity index (χ1) is 17.5. The number of esters is 1. The van der Waals surface area contributed by atoms with E-state index >= 15 is 0 Å². The van der Waals surface area contributed by atoms with Gasteiger partial charge in [0.25, 0.3) is 0 Å². The minimum Gasteiger partial charge on any atom is -0.476 e. The molecule has 0 aliphatic carbocycles. The molecule has 2 aromatic rings. The highest BCUT2D eigenvalue weighted by atomic mass is 32.2. The van der Waals surface area contributed by atoms with Gasteiger partial charge in [-0.15, -0.1) is 11.8 Å². The van der Waals surface area contributed by atoms with E-state index in [9.17, 15) is 14.4 Å². The van der Waals surface area contributed by atoms with Crippen molar-refractivity contribution in [3.8, 4) is 5.75 Å². The highest BCUT2D eigenvalue weighted by Gasteiger charge is 2.38. The van der Waals surface area contributed by atoms with Crippen molar-refractivity contribution in [3.63, 3.8) is 0 Å². The average molecular weight is 526 g/mol. The molecule has 0 N–H and O–H groups in total. The van der Waals surface area contributed by atoms with Crippen LogP contribution in [-0.4, -0.2) is 54.1 Å². The van der Waals surface area contributed by atoms with E-state index in [4.69, 9.17) is 9.47 Å². The normalized spacial score (nSPS) is 17.5. The van der Waals surface area contributed by atoms with Gasteiger partial charge in [0.1, 0.15) is 5.75 Å². The van der Waals surface area contributed by atoms with Crippen molar-refractivity contribution >= 4 is 29.4 Å². The average Bonchev–Trinajstić information content (AvgIpc) is 3.29. The first kappa shape index (κ1) is 28.8. The smallest absolute Gasteiger partial charge is 0.349 e. The molecular formula is C30H39NO5S. The summed E-state index contributed by atoms with van der Waals surface area (Å²) in [5, 5.41) is 0. The van der Waals surface area contributed by atoms with Gasteiger partial charge in [0.2, 0.25) is 5.91 Å². The lowest BCUT2D eigenvalue weighted by Crippen LogP contribution is -2.40. The predicted molar refractivity (Wildman–Crippen MR) is 147 cm³/mol. The van der Waals surface area contributed by atoms with Crippen molar-refractivity contribution in [2.75, 3.05) is 26.0 Å². The van der Waals surface area contributed by atoms with Gasteiger partial charge in [-0.25, -0.2) is 4.79 Å². The fourth-order valence-corrected chi connectivity index (χ4v) is 5.39. The number of aryl methyl sites for hydroxylation is 3. The van der Waals surface area contributed by atoms with Crippen LogP contribution >= 0.6 is 11.8 Å². The molecule has 3 rings (SSSR count). The van der Waals surface area contributed by atoms with Gasteiger partial charge in [-0.2, -0.15) is 0 Å². The summed E-state index contributed by atoms with van der Waals surface area (Å²) in [6.07, 6.45) is 3.60. The molecule has 1 aliphatic heterocycles. The molecule has 7 heteroatoms. The summed E-state index contributed by atoms with van der Waals surface area (Å²) in [4.78, 5) is 40.8. The fourth-order valence-electron chi connectivity index (χ4n) is 4.99. The number of likely N-dealkylation sites (tertiary alicyclic amines) is 1. The van der Waals surface area contributed by atoms with E-state index in [1.165, 1.54) is 0 Å². The zero-order valence-electron chi connectivity index (χ0n) is 23.1. The molecule has 1 fully saturated rings. The number of Topliss-reactive ketones (excluding diaryl/α,β-unsaturated/α-hetero) is 1. The molecule has 1 heterocycles. The quantitative estimate of drug-likeness (QED) is 0.227. The van der Waals surface area contributed by atoms with Crippen LogP contribution in [0.5, 0.6) is 5.75 Å². The monoisotopic (exact) mass is 525 g/mol. The molecule has 37 heavy (non-hydrogen) atoms. The lowest BCUT2D eigenvalue weighted by molar-refractivity contribution is -0.158. The Bertz CT molecular complexity index is 1120. The van der Waals surface area contributed by atoms with Crippen molar-refractivity contribution in [2.24, 2.45) is 11.8 Å². The molecule has 200 valence electrons. The van der Waals surface area contributed by atoms with Crippen LogP contribution in [-0.2, 0) is 20.7 Å². The van der Waals surface area contributed by atoms with Gasteiger partial charge in [0.05, 0.1) is 6.61 Å². The van der Waals surface area contributed by atoms with Gasteiger partial charge in [0, 0.05) is 36.4 Å². The van der Waals surface area contributed by atoms with Crippen molar-refractivity contribution in [1.82, 2.24) is 4.90 Å². The zero-order valence-corrected chi connectivity index (χ0v) is 23.9. The summed E-state index contributed by atoms with van der Waals surface area (Å²) in [6.45, 7) is 12.1. The molecule has 1 amide bonds. The number of benzene rings is 2. The molecule has 0 spiro atoms. The Morgan fingerprint density at radius 3 is 2.22 bits per heavy atom. The highest BCUT2D eigenvalue weighted by molar-refractivity contribution is 7.98. The Balaban J connectivity index is 1.74. The van der Waals surface area contributed by atoms with Crippen molar-refractivity contribution in [1.29, 1.82) is 0 Å². The van der Waals surface area contributed by atoms with Gasteiger partial charge in [-0.3, -0.25) is 9.59 Å². The summed E-state index contributed by atoms with van der Waals surface area (Å²) >= 11 is 1.65. The van der Waals surface area contributed by atoms with Crippen molar-refractivity contribution in [3.05, 3.63) is 58.7 Å². The Labute approximate surface area is 225 Å². The minimum atomic E-state index is -1.09. The number of rotatable bonds is 10. The number of hydrogen-bond donors (Lipinski definition) is 0. The second-order valence-electron chi connectivity index (χ2n) is 10.3. The SMILES string of the molecule is CCOC(=O)C(C)(C)Oc1c(C)cc(CCC2CN(C(C)=O)CC2C(=O)c2ccc(SC)cc2)cc1C. The molecule has 0 aromatic heterocycles. The van der Waals surface area contributed by atoms with E-state index in [1.807, 2.05) is 44.4 Å². The van der Waals surface area contributed by atoms with Crippen LogP contribution in [0.1, 0.15) is 61.2 Å². The van der Waals surface area contributed by atoms with Crippen molar-refractivity contribution in [2.45, 2.75) is 64.9 Å². The summed E-state index contributed by atoms with van der Waals surface area (Å²) in [5.41, 5.74) is 2.66. The fraction of sp³-hybridized carbons (Fsp3) is 0.500. The number of carbonyl (C=O) groups is 3. The predicted octanol–water partition coefficient (Wildman–Crippen LogP) is 5.66. The number of ketones is 1. The largest absolute Gasteiger partial charge is 0.476 e. The van der Waals surface area contributed by atoms with Crippen LogP contribution in [0, 0.1) is 25.7 Å². The maximum absolute atomic E-state index is 13.4. The van der Waals surface area contributed by atoms with Crippen LogP contribution in [0.25, 0.3) is 0 Å². The van der Waals surface area contributed by atoms with E-state index in [1.54, 1.807) is 44.4 Å². The number of ether oxygens (including phenoxy) is 2. The summed E-state index contributed by atoms with van der Waals surface area (Å²) in [7, 11) is 0. The first-order valence-corrected chi connectivity index (χ1v) is 14.1. The standard InChI is InChI=1S/C30H39NO5S/c1-8-35-29(34)30(5,6)36-28-19(2)15-22(16-20(28)3)9-10-24-17-31(21(4)32)18-26(24)27(33)23-11-13-25(37-7)14-12-23/h11-16,24,26H,8-10,17-18H2,1-7H3. The molecule has 1 saturated heterocycles. The Morgan fingerprint density at radius 1 is 1.05 bits per heavy atom. The molecule has 0 saturated carbocycles. The molecular weight excluding hydrogens is 486 g/mol. The molecule has 1 aliphatic rings. The second-order valence-corrected chi connectivity index (χ2v) is 11.2. The van der Waals surface area contributed by atoms with Crippen LogP contribution in [0.2, 0.25) is 0 Å². The van der Waals surface area contributed by atoms with Crippen LogP contribution in [0.15, 0.2) is 41.3 Å². The molecule has 0 bridgehead atoms. The van der Waals surface area contributed by atoms with Crippen LogP contribution in [0.4, 0.5) is 0 Å². The lowest BCUT2D eigenvalue weighted by Gasteiger charge is -2.26. The number of nitrogens with zero attached hydrogens (tertiary/aromatic N) is 1. The summed E-state index contributed by atoms with van der Waals surface area (Å²) in [5.74, 6) is 0.296. The van der Waals surface area contributed by atoms with Gasteiger partial charge in [-0.05, 0) is 88.5 Å². The van der Waals surface area contributed by atoms with Crippen molar-refractivity contribution < 1.29 is 23.9 Å². The van der Waals surface area contributed by atoms with Gasteiger partial charge in [-0.1, -0.05) is 24.3 Å². The van der Waals surface area contributed by atoms with E-state index in [2.05, 4.69) is 12.1 Å².